The normalized spacial score (nSPS) is 11.6. The van der Waals surface area contributed by atoms with E-state index in [1.807, 2.05) is 48.0 Å². The van der Waals surface area contributed by atoms with Crippen molar-refractivity contribution in [1.82, 2.24) is 9.55 Å². The molecular weight excluding hydrogens is 528 g/mol. The van der Waals surface area contributed by atoms with E-state index in [1.165, 1.54) is 0 Å². The van der Waals surface area contributed by atoms with E-state index in [2.05, 4.69) is 32.9 Å². The van der Waals surface area contributed by atoms with Crippen LogP contribution in [-0.4, -0.2) is 15.8 Å². The molecule has 0 saturated heterocycles. The second-order valence-electron chi connectivity index (χ2n) is 7.69. The molecule has 0 aliphatic heterocycles. The standard InChI is InChI=1S/C26H17Cl4N3S/c27-18-6-5-16(22(29)9-18)13-33-14-17(20-3-1-2-4-25(20)33)11-31-12-26-32-24(15-34-26)21-8-7-19(28)10-23(21)30/h1-11,14-15H,12-13H2. The summed E-state index contributed by atoms with van der Waals surface area (Å²) >= 11 is 26.3. The summed E-state index contributed by atoms with van der Waals surface area (Å²) in [5.41, 5.74) is 4.85. The summed E-state index contributed by atoms with van der Waals surface area (Å²) in [7, 11) is 0. The quantitative estimate of drug-likeness (QED) is 0.196. The molecule has 0 spiro atoms. The van der Waals surface area contributed by atoms with Crippen LogP contribution in [0.15, 0.2) is 77.2 Å². The van der Waals surface area contributed by atoms with Gasteiger partial charge in [0.2, 0.25) is 0 Å². The van der Waals surface area contributed by atoms with Crippen LogP contribution in [0, 0.1) is 0 Å². The summed E-state index contributed by atoms with van der Waals surface area (Å²) in [5.74, 6) is 0. The Labute approximate surface area is 221 Å². The molecule has 0 fully saturated rings. The van der Waals surface area contributed by atoms with E-state index in [9.17, 15) is 0 Å². The third kappa shape index (κ3) is 5.02. The summed E-state index contributed by atoms with van der Waals surface area (Å²) < 4.78 is 2.18. The van der Waals surface area contributed by atoms with Gasteiger partial charge in [-0.05, 0) is 42.0 Å². The van der Waals surface area contributed by atoms with Crippen LogP contribution >= 0.6 is 57.7 Å². The first kappa shape index (κ1) is 23.4. The summed E-state index contributed by atoms with van der Waals surface area (Å²) in [6.45, 7) is 1.13. The fraction of sp³-hybridized carbons (Fsp3) is 0.0769. The smallest absolute Gasteiger partial charge is 0.115 e. The van der Waals surface area contributed by atoms with E-state index in [1.54, 1.807) is 23.5 Å². The number of halogens is 4. The Morgan fingerprint density at radius 3 is 2.47 bits per heavy atom. The van der Waals surface area contributed by atoms with Crippen molar-refractivity contribution in [2.75, 3.05) is 0 Å². The van der Waals surface area contributed by atoms with Gasteiger partial charge in [-0.1, -0.05) is 70.7 Å². The van der Waals surface area contributed by atoms with Crippen LogP contribution in [0.1, 0.15) is 16.1 Å². The van der Waals surface area contributed by atoms with Crippen molar-refractivity contribution in [3.8, 4) is 11.3 Å². The molecule has 0 unspecified atom stereocenters. The topological polar surface area (TPSA) is 30.2 Å². The first-order chi connectivity index (χ1) is 16.5. The first-order valence-electron chi connectivity index (χ1n) is 10.4. The lowest BCUT2D eigenvalue weighted by Gasteiger charge is -2.08. The average molecular weight is 545 g/mol. The largest absolute Gasteiger partial charge is 0.342 e. The highest BCUT2D eigenvalue weighted by Crippen LogP contribution is 2.31. The molecule has 0 N–H and O–H groups in total. The van der Waals surface area contributed by atoms with E-state index in [-0.39, 0.29) is 0 Å². The minimum atomic E-state index is 0.485. The Morgan fingerprint density at radius 2 is 1.68 bits per heavy atom. The molecule has 3 nitrogen and oxygen atoms in total. The number of thiazole rings is 1. The second-order valence-corrected chi connectivity index (χ2v) is 10.3. The van der Waals surface area contributed by atoms with Gasteiger partial charge in [0.25, 0.3) is 0 Å². The zero-order valence-electron chi connectivity index (χ0n) is 17.7. The van der Waals surface area contributed by atoms with E-state index < -0.39 is 0 Å². The summed E-state index contributed by atoms with van der Waals surface area (Å²) in [6.07, 6.45) is 4.00. The van der Waals surface area contributed by atoms with Crippen molar-refractivity contribution in [2.45, 2.75) is 13.1 Å². The van der Waals surface area contributed by atoms with Crippen LogP contribution in [0.2, 0.25) is 20.1 Å². The van der Waals surface area contributed by atoms with Crippen molar-refractivity contribution >= 4 is 74.9 Å². The van der Waals surface area contributed by atoms with E-state index in [4.69, 9.17) is 46.4 Å². The Kier molecular flexibility index (Phi) is 6.96. The summed E-state index contributed by atoms with van der Waals surface area (Å²) in [4.78, 5) is 9.36. The van der Waals surface area contributed by atoms with Gasteiger partial charge < -0.3 is 4.57 Å². The third-order valence-corrected chi connectivity index (χ3v) is 7.36. The van der Waals surface area contributed by atoms with Gasteiger partial charge >= 0.3 is 0 Å². The summed E-state index contributed by atoms with van der Waals surface area (Å²) in [5, 5.41) is 6.50. The zero-order valence-corrected chi connectivity index (χ0v) is 21.5. The van der Waals surface area contributed by atoms with Gasteiger partial charge in [0.05, 0.1) is 17.3 Å². The van der Waals surface area contributed by atoms with Gasteiger partial charge in [0, 0.05) is 61.4 Å². The van der Waals surface area contributed by atoms with Crippen molar-refractivity contribution < 1.29 is 0 Å². The number of fused-ring (bicyclic) bond motifs is 1. The van der Waals surface area contributed by atoms with Gasteiger partial charge in [-0.25, -0.2) is 4.98 Å². The molecule has 34 heavy (non-hydrogen) atoms. The fourth-order valence-corrected chi connectivity index (χ4v) is 5.47. The summed E-state index contributed by atoms with van der Waals surface area (Å²) in [6, 6.07) is 19.3. The molecule has 0 aliphatic rings. The van der Waals surface area contributed by atoms with Gasteiger partial charge in [-0.15, -0.1) is 11.3 Å². The predicted octanol–water partition coefficient (Wildman–Crippen LogP) is 9.05. The number of para-hydroxylation sites is 1. The second kappa shape index (κ2) is 10.1. The molecule has 2 aromatic heterocycles. The van der Waals surface area contributed by atoms with E-state index in [0.717, 1.165) is 38.3 Å². The predicted molar refractivity (Wildman–Crippen MR) is 146 cm³/mol. The number of aromatic nitrogens is 2. The molecule has 5 aromatic rings. The molecule has 2 heterocycles. The number of aliphatic imine (C=N–C) groups is 1. The molecule has 0 atom stereocenters. The number of benzene rings is 3. The van der Waals surface area contributed by atoms with Crippen LogP contribution in [0.25, 0.3) is 22.2 Å². The molecule has 0 saturated carbocycles. The third-order valence-electron chi connectivity index (χ3n) is 5.39. The van der Waals surface area contributed by atoms with Gasteiger partial charge in [0.1, 0.15) is 5.01 Å². The number of rotatable bonds is 6. The molecule has 5 rings (SSSR count). The molecular formula is C26H17Cl4N3S. The highest BCUT2D eigenvalue weighted by molar-refractivity contribution is 7.10. The van der Waals surface area contributed by atoms with Crippen molar-refractivity contribution in [3.63, 3.8) is 0 Å². The molecule has 0 bridgehead atoms. The monoisotopic (exact) mass is 543 g/mol. The molecule has 0 amide bonds. The first-order valence-corrected chi connectivity index (χ1v) is 12.8. The Hall–Kier alpha value is -2.34. The molecule has 3 aromatic carbocycles. The fourth-order valence-electron chi connectivity index (χ4n) is 3.77. The van der Waals surface area contributed by atoms with Gasteiger partial charge in [-0.3, -0.25) is 4.99 Å². The minimum Gasteiger partial charge on any atom is -0.342 e. The lowest BCUT2D eigenvalue weighted by Crippen LogP contribution is -1.98. The van der Waals surface area contributed by atoms with Crippen LogP contribution < -0.4 is 0 Å². The number of hydrogen-bond acceptors (Lipinski definition) is 3. The average Bonchev–Trinajstić information content (AvgIpc) is 3.41. The number of nitrogens with zero attached hydrogens (tertiary/aromatic N) is 3. The van der Waals surface area contributed by atoms with E-state index in [0.29, 0.717) is 33.2 Å². The Bertz CT molecular complexity index is 1520. The maximum Gasteiger partial charge on any atom is 0.115 e. The Morgan fingerprint density at radius 1 is 0.912 bits per heavy atom. The number of hydrogen-bond donors (Lipinski definition) is 0. The van der Waals surface area contributed by atoms with Crippen LogP contribution in [-0.2, 0) is 13.1 Å². The van der Waals surface area contributed by atoms with Crippen molar-refractivity contribution in [1.29, 1.82) is 0 Å². The van der Waals surface area contributed by atoms with E-state index >= 15 is 0 Å². The van der Waals surface area contributed by atoms with Crippen LogP contribution in [0.3, 0.4) is 0 Å². The zero-order chi connectivity index (χ0) is 23.7. The lowest BCUT2D eigenvalue weighted by molar-refractivity contribution is 0.836. The lowest BCUT2D eigenvalue weighted by atomic mass is 10.2. The van der Waals surface area contributed by atoms with Crippen molar-refractivity contribution in [2.24, 2.45) is 4.99 Å². The highest BCUT2D eigenvalue weighted by Gasteiger charge is 2.11. The SMILES string of the molecule is Clc1ccc(Cn2cc(C=NCc3nc(-c4ccc(Cl)cc4Cl)cs3)c3ccccc32)c(Cl)c1. The molecule has 0 aliphatic carbocycles. The molecule has 170 valence electrons. The maximum absolute atomic E-state index is 6.41. The van der Waals surface area contributed by atoms with Gasteiger partial charge in [-0.2, -0.15) is 0 Å². The van der Waals surface area contributed by atoms with Crippen LogP contribution in [0.5, 0.6) is 0 Å². The van der Waals surface area contributed by atoms with Gasteiger partial charge in [0.15, 0.2) is 0 Å². The van der Waals surface area contributed by atoms with Crippen LogP contribution in [0.4, 0.5) is 0 Å². The molecule has 0 radical (unpaired) electrons. The maximum atomic E-state index is 6.41. The molecule has 8 heteroatoms. The highest BCUT2D eigenvalue weighted by atomic mass is 35.5. The Balaban J connectivity index is 1.37. The van der Waals surface area contributed by atoms with Crippen molar-refractivity contribution in [3.05, 3.63) is 108 Å². The minimum absolute atomic E-state index is 0.485.